The SMILES string of the molecule is CC#CC(=O)N(C)c1ccc2ncnc(Nc3ccc(Cc4ccn(C)c(=O)c4)cc3)c2c1. The zero-order valence-electron chi connectivity index (χ0n) is 18.7. The molecule has 4 aromatic rings. The number of pyridine rings is 1. The maximum atomic E-state index is 12.1. The average molecular weight is 438 g/mol. The summed E-state index contributed by atoms with van der Waals surface area (Å²) in [5.41, 5.74) is 4.39. The fraction of sp³-hybridized carbons (Fsp3) is 0.154. The van der Waals surface area contributed by atoms with Crippen LogP contribution in [0.4, 0.5) is 17.2 Å². The minimum absolute atomic E-state index is 0.0186. The summed E-state index contributed by atoms with van der Waals surface area (Å²) in [5, 5.41) is 4.13. The Morgan fingerprint density at radius 2 is 1.85 bits per heavy atom. The van der Waals surface area contributed by atoms with E-state index in [2.05, 4.69) is 27.1 Å². The van der Waals surface area contributed by atoms with E-state index in [4.69, 9.17) is 0 Å². The number of hydrogen-bond acceptors (Lipinski definition) is 5. The molecular formula is C26H23N5O2. The number of nitrogens with one attached hydrogen (secondary N) is 1. The van der Waals surface area contributed by atoms with Gasteiger partial charge in [0.15, 0.2) is 0 Å². The molecule has 0 aliphatic heterocycles. The highest BCUT2D eigenvalue weighted by molar-refractivity contribution is 6.06. The number of benzene rings is 2. The van der Waals surface area contributed by atoms with Gasteiger partial charge in [-0.2, -0.15) is 0 Å². The van der Waals surface area contributed by atoms with E-state index in [-0.39, 0.29) is 11.5 Å². The van der Waals surface area contributed by atoms with E-state index in [0.29, 0.717) is 17.9 Å². The van der Waals surface area contributed by atoms with Crippen molar-refractivity contribution in [3.05, 3.63) is 88.6 Å². The molecule has 0 aliphatic carbocycles. The molecule has 2 aromatic carbocycles. The number of carbonyl (C=O) groups is 1. The Kier molecular flexibility index (Phi) is 6.18. The molecule has 164 valence electrons. The van der Waals surface area contributed by atoms with E-state index in [0.717, 1.165) is 27.7 Å². The van der Waals surface area contributed by atoms with Crippen LogP contribution in [0.5, 0.6) is 0 Å². The Hall–Kier alpha value is -4.44. The topological polar surface area (TPSA) is 80.1 Å². The summed E-state index contributed by atoms with van der Waals surface area (Å²) in [6.45, 7) is 1.63. The molecule has 0 spiro atoms. The maximum absolute atomic E-state index is 12.1. The molecule has 7 nitrogen and oxygen atoms in total. The minimum atomic E-state index is -0.282. The first-order valence-electron chi connectivity index (χ1n) is 10.4. The number of rotatable bonds is 5. The third-order valence-corrected chi connectivity index (χ3v) is 5.34. The van der Waals surface area contributed by atoms with Gasteiger partial charge in [-0.15, -0.1) is 0 Å². The Labute approximate surface area is 191 Å². The van der Waals surface area contributed by atoms with Gasteiger partial charge in [0, 0.05) is 43.1 Å². The van der Waals surface area contributed by atoms with Crippen molar-refractivity contribution < 1.29 is 4.79 Å². The van der Waals surface area contributed by atoms with Gasteiger partial charge in [-0.1, -0.05) is 18.1 Å². The largest absolute Gasteiger partial charge is 0.340 e. The molecule has 7 heteroatoms. The highest BCUT2D eigenvalue weighted by Crippen LogP contribution is 2.27. The molecule has 4 rings (SSSR count). The number of nitrogens with zero attached hydrogens (tertiary/aromatic N) is 4. The average Bonchev–Trinajstić information content (AvgIpc) is 2.82. The Morgan fingerprint density at radius 3 is 2.58 bits per heavy atom. The molecule has 33 heavy (non-hydrogen) atoms. The smallest absolute Gasteiger partial charge is 0.302 e. The van der Waals surface area contributed by atoms with Crippen LogP contribution in [0.25, 0.3) is 10.9 Å². The normalized spacial score (nSPS) is 10.4. The molecule has 0 fully saturated rings. The Balaban J connectivity index is 1.57. The van der Waals surface area contributed by atoms with E-state index in [1.54, 1.807) is 37.8 Å². The van der Waals surface area contributed by atoms with E-state index in [9.17, 15) is 9.59 Å². The quantitative estimate of drug-likeness (QED) is 0.482. The van der Waals surface area contributed by atoms with Crippen LogP contribution in [0, 0.1) is 11.8 Å². The highest BCUT2D eigenvalue weighted by atomic mass is 16.2. The Bertz CT molecular complexity index is 1450. The maximum Gasteiger partial charge on any atom is 0.302 e. The molecule has 0 saturated heterocycles. The second-order valence-corrected chi connectivity index (χ2v) is 7.65. The predicted octanol–water partition coefficient (Wildman–Crippen LogP) is 3.65. The van der Waals surface area contributed by atoms with E-state index >= 15 is 0 Å². The van der Waals surface area contributed by atoms with Crippen molar-refractivity contribution in [2.75, 3.05) is 17.3 Å². The van der Waals surface area contributed by atoms with Gasteiger partial charge in [0.1, 0.15) is 12.1 Å². The summed E-state index contributed by atoms with van der Waals surface area (Å²) in [6, 6.07) is 17.2. The number of aromatic nitrogens is 3. The lowest BCUT2D eigenvalue weighted by Crippen LogP contribution is -2.24. The summed E-state index contributed by atoms with van der Waals surface area (Å²) in [5.74, 6) is 5.54. The molecule has 2 aromatic heterocycles. The van der Waals surface area contributed by atoms with Gasteiger partial charge < -0.3 is 14.8 Å². The molecule has 0 saturated carbocycles. The van der Waals surface area contributed by atoms with E-state index < -0.39 is 0 Å². The van der Waals surface area contributed by atoms with E-state index in [1.807, 2.05) is 48.5 Å². The second kappa shape index (κ2) is 9.37. The Morgan fingerprint density at radius 1 is 1.06 bits per heavy atom. The molecule has 0 bridgehead atoms. The van der Waals surface area contributed by atoms with Crippen LogP contribution in [0.2, 0.25) is 0 Å². The van der Waals surface area contributed by atoms with Crippen molar-refractivity contribution in [1.29, 1.82) is 0 Å². The standard InChI is InChI=1S/C26H23N5O2/c1-4-5-24(32)31(3)21-10-11-23-22(16-21)26(28-17-27-23)29-20-8-6-18(7-9-20)14-19-12-13-30(2)25(33)15-19/h6-13,15-17H,14H2,1-3H3,(H,27,28,29). The molecule has 1 N–H and O–H groups in total. The van der Waals surface area contributed by atoms with Gasteiger partial charge >= 0.3 is 5.91 Å². The van der Waals surface area contributed by atoms with Crippen LogP contribution in [-0.4, -0.2) is 27.5 Å². The first-order chi connectivity index (χ1) is 15.9. The summed E-state index contributed by atoms with van der Waals surface area (Å²) in [6.07, 6.45) is 3.96. The number of carbonyl (C=O) groups excluding carboxylic acids is 1. The second-order valence-electron chi connectivity index (χ2n) is 7.65. The number of hydrogen-bond donors (Lipinski definition) is 1. The summed E-state index contributed by atoms with van der Waals surface area (Å²) in [7, 11) is 3.42. The van der Waals surface area contributed by atoms with Crippen molar-refractivity contribution in [3.8, 4) is 11.8 Å². The number of fused-ring (bicyclic) bond motifs is 1. The lowest BCUT2D eigenvalue weighted by atomic mass is 10.1. The number of aryl methyl sites for hydroxylation is 1. The molecule has 2 heterocycles. The molecule has 0 radical (unpaired) electrons. The van der Waals surface area contributed by atoms with Gasteiger partial charge in [-0.3, -0.25) is 9.59 Å². The van der Waals surface area contributed by atoms with Gasteiger partial charge in [-0.25, -0.2) is 9.97 Å². The van der Waals surface area contributed by atoms with Crippen molar-refractivity contribution in [3.63, 3.8) is 0 Å². The number of amides is 1. The third kappa shape index (κ3) is 4.91. The van der Waals surface area contributed by atoms with Gasteiger partial charge in [0.2, 0.25) is 0 Å². The monoisotopic (exact) mass is 437 g/mol. The van der Waals surface area contributed by atoms with Crippen molar-refractivity contribution in [2.24, 2.45) is 7.05 Å². The summed E-state index contributed by atoms with van der Waals surface area (Å²) in [4.78, 5) is 34.2. The summed E-state index contributed by atoms with van der Waals surface area (Å²) < 4.78 is 1.55. The van der Waals surface area contributed by atoms with Crippen LogP contribution in [0.3, 0.4) is 0 Å². The van der Waals surface area contributed by atoms with Crippen LogP contribution in [0.15, 0.2) is 71.9 Å². The minimum Gasteiger partial charge on any atom is -0.340 e. The predicted molar refractivity (Wildman–Crippen MR) is 131 cm³/mol. The lowest BCUT2D eigenvalue weighted by Gasteiger charge is -2.16. The zero-order valence-corrected chi connectivity index (χ0v) is 18.7. The fourth-order valence-electron chi connectivity index (χ4n) is 3.44. The molecular weight excluding hydrogens is 414 g/mol. The molecule has 0 aliphatic rings. The molecule has 0 unspecified atom stereocenters. The van der Waals surface area contributed by atoms with Gasteiger partial charge in [0.05, 0.1) is 5.52 Å². The van der Waals surface area contributed by atoms with Crippen molar-refractivity contribution >= 4 is 34.0 Å². The van der Waals surface area contributed by atoms with Crippen LogP contribution in [-0.2, 0) is 18.3 Å². The molecule has 1 amide bonds. The third-order valence-electron chi connectivity index (χ3n) is 5.34. The lowest BCUT2D eigenvalue weighted by molar-refractivity contribution is -0.113. The van der Waals surface area contributed by atoms with Crippen LogP contribution < -0.4 is 15.8 Å². The van der Waals surface area contributed by atoms with Crippen LogP contribution in [0.1, 0.15) is 18.1 Å². The highest BCUT2D eigenvalue weighted by Gasteiger charge is 2.11. The summed E-state index contributed by atoms with van der Waals surface area (Å²) >= 11 is 0. The number of anilines is 3. The zero-order chi connectivity index (χ0) is 23.4. The first kappa shape index (κ1) is 21.8. The van der Waals surface area contributed by atoms with Gasteiger partial charge in [0.25, 0.3) is 5.56 Å². The van der Waals surface area contributed by atoms with Gasteiger partial charge in [-0.05, 0) is 66.8 Å². The van der Waals surface area contributed by atoms with E-state index in [1.165, 1.54) is 11.2 Å². The van der Waals surface area contributed by atoms with Crippen LogP contribution >= 0.6 is 0 Å². The van der Waals surface area contributed by atoms with Crippen molar-refractivity contribution in [2.45, 2.75) is 13.3 Å². The molecule has 0 atom stereocenters. The van der Waals surface area contributed by atoms with Crippen molar-refractivity contribution in [1.82, 2.24) is 14.5 Å². The first-order valence-corrected chi connectivity index (χ1v) is 10.4. The fourth-order valence-corrected chi connectivity index (χ4v) is 3.44.